The van der Waals surface area contributed by atoms with E-state index in [2.05, 4.69) is 15.9 Å². The van der Waals surface area contributed by atoms with Crippen molar-refractivity contribution in [1.82, 2.24) is 0 Å². The normalized spacial score (nSPS) is 24.1. The SMILES string of the molecule is O=C[C@@H]1[C@@H](c2ccccc2)[C@H](c2ccc(Br)cc2)C(=O)C[C@H]1/C=C/c1ccccc1. The Morgan fingerprint density at radius 1 is 0.800 bits per heavy atom. The number of carbonyl (C=O) groups excluding carboxylic acids is 2. The molecule has 2 nitrogen and oxygen atoms in total. The highest BCUT2D eigenvalue weighted by atomic mass is 79.9. The number of halogens is 1. The highest BCUT2D eigenvalue weighted by molar-refractivity contribution is 9.10. The average Bonchev–Trinajstić information content (AvgIpc) is 2.79. The Morgan fingerprint density at radius 2 is 1.43 bits per heavy atom. The minimum Gasteiger partial charge on any atom is -0.303 e. The Kier molecular flexibility index (Phi) is 6.39. The van der Waals surface area contributed by atoms with E-state index in [-0.39, 0.29) is 29.5 Å². The number of benzene rings is 3. The summed E-state index contributed by atoms with van der Waals surface area (Å²) in [5.41, 5.74) is 3.07. The van der Waals surface area contributed by atoms with Crippen molar-refractivity contribution in [2.24, 2.45) is 11.8 Å². The van der Waals surface area contributed by atoms with Crippen LogP contribution in [-0.4, -0.2) is 12.1 Å². The van der Waals surface area contributed by atoms with Gasteiger partial charge in [-0.3, -0.25) is 4.79 Å². The maximum Gasteiger partial charge on any atom is 0.141 e. The summed E-state index contributed by atoms with van der Waals surface area (Å²) in [6.45, 7) is 0. The van der Waals surface area contributed by atoms with E-state index in [4.69, 9.17) is 0 Å². The van der Waals surface area contributed by atoms with Gasteiger partial charge < -0.3 is 4.79 Å². The molecule has 0 saturated heterocycles. The topological polar surface area (TPSA) is 34.1 Å². The molecule has 0 bridgehead atoms. The van der Waals surface area contributed by atoms with Crippen molar-refractivity contribution >= 4 is 34.1 Å². The van der Waals surface area contributed by atoms with Crippen LogP contribution in [0.3, 0.4) is 0 Å². The molecule has 0 N–H and O–H groups in total. The molecule has 0 amide bonds. The second-order valence-electron chi connectivity index (χ2n) is 7.78. The maximum atomic E-state index is 13.4. The Labute approximate surface area is 185 Å². The van der Waals surface area contributed by atoms with Crippen LogP contribution in [0.1, 0.15) is 34.9 Å². The zero-order valence-electron chi connectivity index (χ0n) is 16.5. The molecule has 4 atom stereocenters. The fraction of sp³-hybridized carbons (Fsp3) is 0.185. The van der Waals surface area contributed by atoms with Crippen LogP contribution in [0.25, 0.3) is 6.08 Å². The van der Waals surface area contributed by atoms with Crippen LogP contribution in [0.4, 0.5) is 0 Å². The first-order valence-electron chi connectivity index (χ1n) is 10.2. The number of hydrogen-bond donors (Lipinski definition) is 0. The lowest BCUT2D eigenvalue weighted by Gasteiger charge is -2.39. The first-order chi connectivity index (χ1) is 14.7. The Bertz CT molecular complexity index is 1030. The summed E-state index contributed by atoms with van der Waals surface area (Å²) in [4.78, 5) is 25.7. The second kappa shape index (κ2) is 9.36. The van der Waals surface area contributed by atoms with Gasteiger partial charge in [-0.05, 0) is 34.7 Å². The lowest BCUT2D eigenvalue weighted by Crippen LogP contribution is -2.38. The van der Waals surface area contributed by atoms with Crippen LogP contribution in [0.15, 0.2) is 95.5 Å². The maximum absolute atomic E-state index is 13.4. The molecule has 0 aromatic heterocycles. The molecule has 0 radical (unpaired) electrons. The van der Waals surface area contributed by atoms with Crippen molar-refractivity contribution < 1.29 is 9.59 Å². The van der Waals surface area contributed by atoms with Gasteiger partial charge in [-0.2, -0.15) is 0 Å². The summed E-state index contributed by atoms with van der Waals surface area (Å²) < 4.78 is 0.973. The molecule has 0 heterocycles. The van der Waals surface area contributed by atoms with Crippen molar-refractivity contribution in [3.63, 3.8) is 0 Å². The summed E-state index contributed by atoms with van der Waals surface area (Å²) in [6.07, 6.45) is 5.49. The van der Waals surface area contributed by atoms with Crippen LogP contribution in [-0.2, 0) is 9.59 Å². The fourth-order valence-corrected chi connectivity index (χ4v) is 4.78. The molecule has 1 aliphatic carbocycles. The lowest BCUT2D eigenvalue weighted by atomic mass is 9.62. The molecule has 150 valence electrons. The smallest absolute Gasteiger partial charge is 0.141 e. The van der Waals surface area contributed by atoms with Crippen LogP contribution in [0, 0.1) is 11.8 Å². The summed E-state index contributed by atoms with van der Waals surface area (Å²) in [5, 5.41) is 0. The number of Topliss-reactive ketones (excluding diaryl/α,β-unsaturated/α-hetero) is 1. The van der Waals surface area contributed by atoms with Crippen LogP contribution >= 0.6 is 15.9 Å². The first-order valence-corrected chi connectivity index (χ1v) is 11.0. The van der Waals surface area contributed by atoms with E-state index in [9.17, 15) is 9.59 Å². The molecule has 4 rings (SSSR count). The monoisotopic (exact) mass is 458 g/mol. The van der Waals surface area contributed by atoms with Gasteiger partial charge in [-0.15, -0.1) is 0 Å². The Balaban J connectivity index is 1.74. The molecule has 0 spiro atoms. The summed E-state index contributed by atoms with van der Waals surface area (Å²) in [5.74, 6) is -0.702. The van der Waals surface area contributed by atoms with Crippen LogP contribution < -0.4 is 0 Å². The van der Waals surface area contributed by atoms with E-state index in [1.807, 2.05) is 97.1 Å². The second-order valence-corrected chi connectivity index (χ2v) is 8.70. The number of hydrogen-bond acceptors (Lipinski definition) is 2. The van der Waals surface area contributed by atoms with Gasteiger partial charge in [0.25, 0.3) is 0 Å². The largest absolute Gasteiger partial charge is 0.303 e. The zero-order valence-corrected chi connectivity index (χ0v) is 18.1. The standard InChI is InChI=1S/C27H23BrO2/c28-23-15-13-21(14-16-23)27-25(30)17-22(12-11-19-7-3-1-4-8-19)24(18-29)26(27)20-9-5-2-6-10-20/h1-16,18,22,24,26-27H,17H2/b12-11+/t22-,24+,26-,27-/m1/s1. The number of rotatable bonds is 5. The van der Waals surface area contributed by atoms with Crippen molar-refractivity contribution in [3.05, 3.63) is 112 Å². The van der Waals surface area contributed by atoms with E-state index in [0.717, 1.165) is 27.4 Å². The van der Waals surface area contributed by atoms with Crippen molar-refractivity contribution in [2.75, 3.05) is 0 Å². The van der Waals surface area contributed by atoms with Gasteiger partial charge in [0.15, 0.2) is 0 Å². The Morgan fingerprint density at radius 3 is 2.07 bits per heavy atom. The molecule has 3 heteroatoms. The van der Waals surface area contributed by atoms with Gasteiger partial charge in [0.1, 0.15) is 12.1 Å². The number of allylic oxidation sites excluding steroid dienone is 1. The van der Waals surface area contributed by atoms with Gasteiger partial charge >= 0.3 is 0 Å². The van der Waals surface area contributed by atoms with Gasteiger partial charge in [-0.25, -0.2) is 0 Å². The highest BCUT2D eigenvalue weighted by Crippen LogP contribution is 2.48. The van der Waals surface area contributed by atoms with Gasteiger partial charge in [0.05, 0.1) is 5.92 Å². The summed E-state index contributed by atoms with van der Waals surface area (Å²) in [6, 6.07) is 27.9. The molecule has 30 heavy (non-hydrogen) atoms. The molecular weight excluding hydrogens is 436 g/mol. The molecule has 1 saturated carbocycles. The minimum absolute atomic E-state index is 0.118. The van der Waals surface area contributed by atoms with E-state index in [0.29, 0.717) is 6.42 Å². The van der Waals surface area contributed by atoms with E-state index < -0.39 is 0 Å². The highest BCUT2D eigenvalue weighted by Gasteiger charge is 2.44. The van der Waals surface area contributed by atoms with E-state index >= 15 is 0 Å². The van der Waals surface area contributed by atoms with Crippen LogP contribution in [0.5, 0.6) is 0 Å². The lowest BCUT2D eigenvalue weighted by molar-refractivity contribution is -0.126. The van der Waals surface area contributed by atoms with E-state index in [1.54, 1.807) is 0 Å². The predicted octanol–water partition coefficient (Wildman–Crippen LogP) is 6.43. The van der Waals surface area contributed by atoms with Crippen molar-refractivity contribution in [2.45, 2.75) is 18.3 Å². The van der Waals surface area contributed by atoms with E-state index in [1.165, 1.54) is 0 Å². The molecule has 3 aromatic rings. The molecular formula is C27H23BrO2. The molecule has 0 unspecified atom stereocenters. The average molecular weight is 459 g/mol. The van der Waals surface area contributed by atoms with Crippen molar-refractivity contribution in [3.8, 4) is 0 Å². The van der Waals surface area contributed by atoms with Gasteiger partial charge in [0.2, 0.25) is 0 Å². The molecule has 0 aliphatic heterocycles. The first kappa shape index (κ1) is 20.5. The third-order valence-electron chi connectivity index (χ3n) is 5.96. The summed E-state index contributed by atoms with van der Waals surface area (Å²) >= 11 is 3.47. The summed E-state index contributed by atoms with van der Waals surface area (Å²) in [7, 11) is 0. The molecule has 1 aliphatic rings. The van der Waals surface area contributed by atoms with Crippen molar-refractivity contribution in [1.29, 1.82) is 0 Å². The van der Waals surface area contributed by atoms with Crippen LogP contribution in [0.2, 0.25) is 0 Å². The predicted molar refractivity (Wildman–Crippen MR) is 124 cm³/mol. The Hall–Kier alpha value is -2.78. The quantitative estimate of drug-likeness (QED) is 0.412. The molecule has 1 fully saturated rings. The number of carbonyl (C=O) groups is 2. The minimum atomic E-state index is -0.322. The molecule has 3 aromatic carbocycles. The fourth-order valence-electron chi connectivity index (χ4n) is 4.52. The number of aldehydes is 1. The third-order valence-corrected chi connectivity index (χ3v) is 6.49. The number of ketones is 1. The van der Waals surface area contributed by atoms with Gasteiger partial charge in [0, 0.05) is 22.7 Å². The van der Waals surface area contributed by atoms with Gasteiger partial charge in [-0.1, -0.05) is 101 Å². The third kappa shape index (κ3) is 4.36. The zero-order chi connectivity index (χ0) is 20.9.